The summed E-state index contributed by atoms with van der Waals surface area (Å²) in [4.78, 5) is 24.9. The molecule has 0 fully saturated rings. The van der Waals surface area contributed by atoms with Gasteiger partial charge in [-0.15, -0.1) is 0 Å². The van der Waals surface area contributed by atoms with Crippen LogP contribution in [0.5, 0.6) is 0 Å². The largest absolute Gasteiger partial charge is 0.326 e. The zero-order valence-electron chi connectivity index (χ0n) is 15.1. The molecule has 0 bridgehead atoms. The molecule has 0 aliphatic heterocycles. The second-order valence-corrected chi connectivity index (χ2v) is 6.30. The van der Waals surface area contributed by atoms with Crippen LogP contribution in [0.1, 0.15) is 23.4 Å². The Kier molecular flexibility index (Phi) is 4.37. The average molecular weight is 361 g/mol. The Bertz CT molecular complexity index is 1080. The van der Waals surface area contributed by atoms with E-state index in [2.05, 4.69) is 25.4 Å². The van der Waals surface area contributed by atoms with Crippen molar-refractivity contribution in [2.75, 3.05) is 5.32 Å². The van der Waals surface area contributed by atoms with E-state index in [0.717, 1.165) is 28.3 Å². The molecule has 4 aromatic rings. The summed E-state index contributed by atoms with van der Waals surface area (Å²) in [6.45, 7) is 3.90. The first-order valence-electron chi connectivity index (χ1n) is 8.66. The van der Waals surface area contributed by atoms with Crippen LogP contribution in [0, 0.1) is 13.8 Å². The van der Waals surface area contributed by atoms with Crippen molar-refractivity contribution < 1.29 is 4.79 Å². The maximum Gasteiger partial charge on any atom is 0.252 e. The number of imidazole rings is 1. The molecular formula is C19H19N7O. The van der Waals surface area contributed by atoms with E-state index in [4.69, 9.17) is 0 Å². The number of carbonyl (C=O) groups excluding carboxylic acids is 1. The quantitative estimate of drug-likeness (QED) is 0.590. The Balaban J connectivity index is 1.41. The number of nitrogens with one attached hydrogen (secondary N) is 1. The van der Waals surface area contributed by atoms with Gasteiger partial charge in [-0.1, -0.05) is 0 Å². The fourth-order valence-electron chi connectivity index (χ4n) is 3.11. The smallest absolute Gasteiger partial charge is 0.252 e. The third kappa shape index (κ3) is 3.41. The summed E-state index contributed by atoms with van der Waals surface area (Å²) in [6.07, 6.45) is 7.78. The number of anilines is 1. The molecule has 1 amide bonds. The van der Waals surface area contributed by atoms with E-state index in [1.165, 1.54) is 6.33 Å². The van der Waals surface area contributed by atoms with Gasteiger partial charge in [-0.05, 0) is 50.1 Å². The monoisotopic (exact) mass is 361 g/mol. The lowest BCUT2D eigenvalue weighted by atomic mass is 10.1. The number of amides is 1. The summed E-state index contributed by atoms with van der Waals surface area (Å²) in [5.74, 6) is 0.541. The van der Waals surface area contributed by atoms with Crippen LogP contribution >= 0.6 is 0 Å². The lowest BCUT2D eigenvalue weighted by molar-refractivity contribution is -0.116. The van der Waals surface area contributed by atoms with Gasteiger partial charge < -0.3 is 9.88 Å². The van der Waals surface area contributed by atoms with Gasteiger partial charge in [0.15, 0.2) is 0 Å². The van der Waals surface area contributed by atoms with Crippen molar-refractivity contribution in [2.24, 2.45) is 0 Å². The predicted molar refractivity (Wildman–Crippen MR) is 101 cm³/mol. The van der Waals surface area contributed by atoms with E-state index in [1.807, 2.05) is 48.9 Å². The number of benzene rings is 1. The summed E-state index contributed by atoms with van der Waals surface area (Å²) in [5.41, 5.74) is 4.63. The number of hydrogen-bond acceptors (Lipinski definition) is 5. The van der Waals surface area contributed by atoms with Crippen molar-refractivity contribution in [1.82, 2.24) is 29.1 Å². The normalized spacial score (nSPS) is 11.0. The molecule has 3 aromatic heterocycles. The minimum Gasteiger partial charge on any atom is -0.326 e. The first-order valence-corrected chi connectivity index (χ1v) is 8.66. The minimum atomic E-state index is -0.0390. The lowest BCUT2D eigenvalue weighted by Gasteiger charge is -2.11. The standard InChI is InChI=1S/C19H19N7O/c1-13-17(14(2)26-19(23-13)21-11-22-26)7-8-18(27)24-15-3-5-16(6-4-15)25-10-9-20-12-25/h3-6,9-12H,7-8H2,1-2H3,(H,24,27). The highest BCUT2D eigenvalue weighted by atomic mass is 16.1. The lowest BCUT2D eigenvalue weighted by Crippen LogP contribution is -2.14. The molecule has 1 N–H and O–H groups in total. The molecule has 8 nitrogen and oxygen atoms in total. The van der Waals surface area contributed by atoms with Gasteiger partial charge in [-0.2, -0.15) is 10.1 Å². The zero-order valence-corrected chi connectivity index (χ0v) is 15.1. The Hall–Kier alpha value is -3.55. The molecule has 8 heteroatoms. The van der Waals surface area contributed by atoms with Crippen LogP contribution < -0.4 is 5.32 Å². The number of carbonyl (C=O) groups is 1. The molecule has 3 heterocycles. The van der Waals surface area contributed by atoms with Crippen molar-refractivity contribution in [1.29, 1.82) is 0 Å². The van der Waals surface area contributed by atoms with Gasteiger partial charge >= 0.3 is 0 Å². The molecule has 0 saturated heterocycles. The zero-order chi connectivity index (χ0) is 18.8. The van der Waals surface area contributed by atoms with Gasteiger partial charge in [0.1, 0.15) is 6.33 Å². The number of rotatable bonds is 5. The third-order valence-corrected chi connectivity index (χ3v) is 4.54. The van der Waals surface area contributed by atoms with Crippen LogP contribution in [0.3, 0.4) is 0 Å². The van der Waals surface area contributed by atoms with Gasteiger partial charge in [0.25, 0.3) is 5.78 Å². The fourth-order valence-corrected chi connectivity index (χ4v) is 3.11. The third-order valence-electron chi connectivity index (χ3n) is 4.54. The molecule has 0 aliphatic rings. The number of nitrogens with zero attached hydrogens (tertiary/aromatic N) is 6. The van der Waals surface area contributed by atoms with Crippen molar-refractivity contribution >= 4 is 17.4 Å². The molecule has 0 saturated carbocycles. The summed E-state index contributed by atoms with van der Waals surface area (Å²) in [5, 5.41) is 7.12. The van der Waals surface area contributed by atoms with Gasteiger partial charge in [0.2, 0.25) is 5.91 Å². The van der Waals surface area contributed by atoms with Crippen molar-refractivity contribution in [2.45, 2.75) is 26.7 Å². The highest BCUT2D eigenvalue weighted by Gasteiger charge is 2.12. The molecule has 4 rings (SSSR count). The van der Waals surface area contributed by atoms with Crippen LogP contribution in [0.2, 0.25) is 0 Å². The van der Waals surface area contributed by atoms with Gasteiger partial charge in [0, 0.05) is 41.6 Å². The SMILES string of the molecule is Cc1nc2ncnn2c(C)c1CCC(=O)Nc1ccc(-n2ccnc2)cc1. The molecule has 0 unspecified atom stereocenters. The molecule has 0 atom stereocenters. The molecule has 0 spiro atoms. The molecule has 0 radical (unpaired) electrons. The summed E-state index contributed by atoms with van der Waals surface area (Å²) in [6, 6.07) is 7.64. The summed E-state index contributed by atoms with van der Waals surface area (Å²) < 4.78 is 3.61. The first kappa shape index (κ1) is 16.9. The van der Waals surface area contributed by atoms with E-state index in [1.54, 1.807) is 17.0 Å². The Labute approximate surface area is 155 Å². The molecule has 136 valence electrons. The highest BCUT2D eigenvalue weighted by Crippen LogP contribution is 2.16. The topological polar surface area (TPSA) is 90.0 Å². The Morgan fingerprint density at radius 1 is 1.19 bits per heavy atom. The van der Waals surface area contributed by atoms with Crippen molar-refractivity contribution in [3.8, 4) is 5.69 Å². The molecule has 27 heavy (non-hydrogen) atoms. The van der Waals surface area contributed by atoms with Crippen LogP contribution in [0.4, 0.5) is 5.69 Å². The van der Waals surface area contributed by atoms with Crippen molar-refractivity contribution in [3.05, 3.63) is 66.3 Å². The number of fused-ring (bicyclic) bond motifs is 1. The fraction of sp³-hybridized carbons (Fsp3) is 0.211. The number of aromatic nitrogens is 6. The van der Waals surface area contributed by atoms with Crippen LogP contribution in [0.15, 0.2) is 49.3 Å². The summed E-state index contributed by atoms with van der Waals surface area (Å²) in [7, 11) is 0. The number of hydrogen-bond donors (Lipinski definition) is 1. The highest BCUT2D eigenvalue weighted by molar-refractivity contribution is 5.90. The maximum atomic E-state index is 12.4. The maximum absolute atomic E-state index is 12.4. The van der Waals surface area contributed by atoms with Gasteiger partial charge in [-0.3, -0.25) is 4.79 Å². The molecule has 1 aromatic carbocycles. The Morgan fingerprint density at radius 2 is 2.00 bits per heavy atom. The molecule has 0 aliphatic carbocycles. The predicted octanol–water partition coefficient (Wildman–Crippen LogP) is 2.50. The average Bonchev–Trinajstić information content (AvgIpc) is 3.34. The van der Waals surface area contributed by atoms with E-state index >= 15 is 0 Å². The van der Waals surface area contributed by atoms with E-state index in [0.29, 0.717) is 18.6 Å². The van der Waals surface area contributed by atoms with E-state index in [-0.39, 0.29) is 5.91 Å². The minimum absolute atomic E-state index is 0.0390. The molecular weight excluding hydrogens is 342 g/mol. The van der Waals surface area contributed by atoms with E-state index in [9.17, 15) is 4.79 Å². The van der Waals surface area contributed by atoms with Gasteiger partial charge in [0.05, 0.1) is 6.33 Å². The number of aryl methyl sites for hydroxylation is 2. The van der Waals surface area contributed by atoms with Gasteiger partial charge in [-0.25, -0.2) is 14.5 Å². The van der Waals surface area contributed by atoms with Crippen LogP contribution in [-0.4, -0.2) is 35.0 Å². The van der Waals surface area contributed by atoms with Crippen LogP contribution in [0.25, 0.3) is 11.5 Å². The second kappa shape index (κ2) is 6.99. The second-order valence-electron chi connectivity index (χ2n) is 6.30. The summed E-state index contributed by atoms with van der Waals surface area (Å²) >= 11 is 0. The van der Waals surface area contributed by atoms with E-state index < -0.39 is 0 Å². The first-order chi connectivity index (χ1) is 13.1. The van der Waals surface area contributed by atoms with Crippen molar-refractivity contribution in [3.63, 3.8) is 0 Å². The van der Waals surface area contributed by atoms with Crippen LogP contribution in [-0.2, 0) is 11.2 Å². The Morgan fingerprint density at radius 3 is 2.74 bits per heavy atom.